The summed E-state index contributed by atoms with van der Waals surface area (Å²) in [5.41, 5.74) is 1.96. The van der Waals surface area contributed by atoms with E-state index in [4.69, 9.17) is 5.11 Å². The molecule has 1 aromatic carbocycles. The standard InChI is InChI=1S/C15H18FNO2/c16-13-3-1-2-12-11(13)4-5-14(12)17-8-6-10(7-9-17)15(18)19/h1-3,10,14H,4-9H2,(H,18,19). The smallest absolute Gasteiger partial charge is 0.306 e. The van der Waals surface area contributed by atoms with Crippen LogP contribution in [0.25, 0.3) is 0 Å². The van der Waals surface area contributed by atoms with Crippen LogP contribution >= 0.6 is 0 Å². The van der Waals surface area contributed by atoms with E-state index in [1.165, 1.54) is 6.07 Å². The van der Waals surface area contributed by atoms with Crippen LogP contribution in [0.4, 0.5) is 4.39 Å². The van der Waals surface area contributed by atoms with Gasteiger partial charge in [0.15, 0.2) is 0 Å². The number of piperidine rings is 1. The molecule has 3 nitrogen and oxygen atoms in total. The summed E-state index contributed by atoms with van der Waals surface area (Å²) in [7, 11) is 0. The Labute approximate surface area is 112 Å². The Morgan fingerprint density at radius 3 is 2.68 bits per heavy atom. The van der Waals surface area contributed by atoms with E-state index in [0.717, 1.165) is 37.1 Å². The van der Waals surface area contributed by atoms with E-state index in [1.54, 1.807) is 6.07 Å². The van der Waals surface area contributed by atoms with Crippen LogP contribution < -0.4 is 0 Å². The number of carboxylic acids is 1. The second kappa shape index (κ2) is 4.93. The summed E-state index contributed by atoms with van der Waals surface area (Å²) >= 11 is 0. The predicted molar refractivity (Wildman–Crippen MR) is 69.4 cm³/mol. The van der Waals surface area contributed by atoms with Gasteiger partial charge in [-0.1, -0.05) is 12.1 Å². The number of hydrogen-bond acceptors (Lipinski definition) is 2. The zero-order valence-corrected chi connectivity index (χ0v) is 10.8. The number of benzene rings is 1. The topological polar surface area (TPSA) is 40.5 Å². The van der Waals surface area contributed by atoms with Gasteiger partial charge in [-0.25, -0.2) is 4.39 Å². The molecule has 0 saturated carbocycles. The van der Waals surface area contributed by atoms with Crippen LogP contribution in [-0.2, 0) is 11.2 Å². The van der Waals surface area contributed by atoms with Crippen molar-refractivity contribution < 1.29 is 14.3 Å². The van der Waals surface area contributed by atoms with Crippen molar-refractivity contribution in [3.05, 3.63) is 35.1 Å². The molecule has 1 aliphatic carbocycles. The first-order valence-electron chi connectivity index (χ1n) is 6.91. The highest BCUT2D eigenvalue weighted by atomic mass is 19.1. The molecule has 0 aromatic heterocycles. The van der Waals surface area contributed by atoms with Crippen molar-refractivity contribution in [1.82, 2.24) is 4.90 Å². The van der Waals surface area contributed by atoms with Crippen molar-refractivity contribution in [2.24, 2.45) is 5.92 Å². The number of fused-ring (bicyclic) bond motifs is 1. The van der Waals surface area contributed by atoms with Crippen LogP contribution in [0, 0.1) is 11.7 Å². The molecule has 4 heteroatoms. The Hall–Kier alpha value is -1.42. The monoisotopic (exact) mass is 263 g/mol. The van der Waals surface area contributed by atoms with Gasteiger partial charge < -0.3 is 5.11 Å². The molecule has 0 radical (unpaired) electrons. The number of rotatable bonds is 2. The van der Waals surface area contributed by atoms with Crippen molar-refractivity contribution in [2.45, 2.75) is 31.7 Å². The molecular weight excluding hydrogens is 245 g/mol. The van der Waals surface area contributed by atoms with Gasteiger partial charge in [0.05, 0.1) is 5.92 Å². The lowest BCUT2D eigenvalue weighted by molar-refractivity contribution is -0.143. The molecule has 1 fully saturated rings. The minimum atomic E-state index is -0.683. The molecule has 2 aliphatic rings. The quantitative estimate of drug-likeness (QED) is 0.891. The fourth-order valence-corrected chi connectivity index (χ4v) is 3.43. The minimum Gasteiger partial charge on any atom is -0.481 e. The molecule has 1 atom stereocenters. The Kier molecular flexibility index (Phi) is 3.27. The number of likely N-dealkylation sites (tertiary alicyclic amines) is 1. The predicted octanol–water partition coefficient (Wildman–Crippen LogP) is 2.61. The first-order chi connectivity index (χ1) is 9.16. The normalized spacial score (nSPS) is 24.4. The van der Waals surface area contributed by atoms with Gasteiger partial charge in [-0.05, 0) is 56.0 Å². The highest BCUT2D eigenvalue weighted by molar-refractivity contribution is 5.70. The lowest BCUT2D eigenvalue weighted by Crippen LogP contribution is -2.38. The van der Waals surface area contributed by atoms with Crippen LogP contribution in [0.15, 0.2) is 18.2 Å². The summed E-state index contributed by atoms with van der Waals surface area (Å²) in [6.45, 7) is 1.61. The molecular formula is C15H18FNO2. The highest BCUT2D eigenvalue weighted by Gasteiger charge is 2.33. The van der Waals surface area contributed by atoms with Crippen molar-refractivity contribution in [3.8, 4) is 0 Å². The van der Waals surface area contributed by atoms with E-state index in [2.05, 4.69) is 4.90 Å². The lowest BCUT2D eigenvalue weighted by atomic mass is 9.95. The largest absolute Gasteiger partial charge is 0.481 e. The molecule has 1 saturated heterocycles. The zero-order chi connectivity index (χ0) is 13.4. The first kappa shape index (κ1) is 12.6. The molecule has 0 spiro atoms. The van der Waals surface area contributed by atoms with Gasteiger partial charge >= 0.3 is 5.97 Å². The second-order valence-electron chi connectivity index (χ2n) is 5.51. The maximum Gasteiger partial charge on any atom is 0.306 e. The van der Waals surface area contributed by atoms with Crippen molar-refractivity contribution in [2.75, 3.05) is 13.1 Å². The summed E-state index contributed by atoms with van der Waals surface area (Å²) in [6.07, 6.45) is 3.16. The third-order valence-electron chi connectivity index (χ3n) is 4.50. The van der Waals surface area contributed by atoms with E-state index in [-0.39, 0.29) is 17.8 Å². The van der Waals surface area contributed by atoms with Crippen molar-refractivity contribution >= 4 is 5.97 Å². The van der Waals surface area contributed by atoms with Crippen LogP contribution in [0.5, 0.6) is 0 Å². The van der Waals surface area contributed by atoms with Gasteiger partial charge in [0.25, 0.3) is 0 Å². The average molecular weight is 263 g/mol. The SMILES string of the molecule is O=C(O)C1CCN(C2CCc3c(F)cccc32)CC1. The van der Waals surface area contributed by atoms with E-state index in [9.17, 15) is 9.18 Å². The highest BCUT2D eigenvalue weighted by Crippen LogP contribution is 2.38. The molecule has 1 N–H and O–H groups in total. The van der Waals surface area contributed by atoms with Crippen molar-refractivity contribution in [1.29, 1.82) is 0 Å². The fourth-order valence-electron chi connectivity index (χ4n) is 3.43. The van der Waals surface area contributed by atoms with E-state index >= 15 is 0 Å². The summed E-state index contributed by atoms with van der Waals surface area (Å²) in [5, 5.41) is 9.02. The average Bonchev–Trinajstić information content (AvgIpc) is 2.84. The Morgan fingerprint density at radius 2 is 2.00 bits per heavy atom. The van der Waals surface area contributed by atoms with Crippen LogP contribution in [0.2, 0.25) is 0 Å². The second-order valence-corrected chi connectivity index (χ2v) is 5.51. The molecule has 1 aliphatic heterocycles. The van der Waals surface area contributed by atoms with Gasteiger partial charge in [-0.2, -0.15) is 0 Å². The number of halogens is 1. The molecule has 1 unspecified atom stereocenters. The fraction of sp³-hybridized carbons (Fsp3) is 0.533. The van der Waals surface area contributed by atoms with Gasteiger partial charge in [0.1, 0.15) is 5.82 Å². The van der Waals surface area contributed by atoms with Gasteiger partial charge in [-0.3, -0.25) is 9.69 Å². The number of nitrogens with zero attached hydrogens (tertiary/aromatic N) is 1. The van der Waals surface area contributed by atoms with Gasteiger partial charge in [0, 0.05) is 6.04 Å². The number of carboxylic acid groups (broad SMARTS) is 1. The molecule has 3 rings (SSSR count). The van der Waals surface area contributed by atoms with Gasteiger partial charge in [-0.15, -0.1) is 0 Å². The Bertz CT molecular complexity index is 495. The number of carbonyl (C=O) groups is 1. The molecule has 0 bridgehead atoms. The van der Waals surface area contributed by atoms with E-state index in [0.29, 0.717) is 12.8 Å². The number of hydrogen-bond donors (Lipinski definition) is 1. The Morgan fingerprint density at radius 1 is 1.26 bits per heavy atom. The third-order valence-corrected chi connectivity index (χ3v) is 4.50. The summed E-state index contributed by atoms with van der Waals surface area (Å²) in [4.78, 5) is 13.3. The summed E-state index contributed by atoms with van der Waals surface area (Å²) in [6, 6.07) is 5.59. The molecule has 102 valence electrons. The summed E-state index contributed by atoms with van der Waals surface area (Å²) < 4.78 is 13.7. The van der Waals surface area contributed by atoms with E-state index < -0.39 is 5.97 Å². The molecule has 1 aromatic rings. The molecule has 0 amide bonds. The van der Waals surface area contributed by atoms with Crippen LogP contribution in [0.3, 0.4) is 0 Å². The van der Waals surface area contributed by atoms with Crippen LogP contribution in [0.1, 0.15) is 36.4 Å². The van der Waals surface area contributed by atoms with Gasteiger partial charge in [0.2, 0.25) is 0 Å². The Balaban J connectivity index is 1.73. The van der Waals surface area contributed by atoms with Crippen molar-refractivity contribution in [3.63, 3.8) is 0 Å². The minimum absolute atomic E-state index is 0.0968. The maximum absolute atomic E-state index is 13.7. The van der Waals surface area contributed by atoms with E-state index in [1.807, 2.05) is 6.07 Å². The summed E-state index contributed by atoms with van der Waals surface area (Å²) in [5.74, 6) is -0.984. The lowest BCUT2D eigenvalue weighted by Gasteiger charge is -2.35. The number of aliphatic carboxylic acids is 1. The van der Waals surface area contributed by atoms with Crippen LogP contribution in [-0.4, -0.2) is 29.1 Å². The molecule has 1 heterocycles. The zero-order valence-electron chi connectivity index (χ0n) is 10.8. The maximum atomic E-state index is 13.7. The first-order valence-corrected chi connectivity index (χ1v) is 6.91. The molecule has 19 heavy (non-hydrogen) atoms. The third kappa shape index (κ3) is 2.25.